The predicted octanol–water partition coefficient (Wildman–Crippen LogP) is 3.13. The lowest BCUT2D eigenvalue weighted by Gasteiger charge is -2.28. The van der Waals surface area contributed by atoms with Crippen LogP contribution in [0, 0.1) is 5.82 Å². The van der Waals surface area contributed by atoms with Crippen molar-refractivity contribution in [3.8, 4) is 11.1 Å². The monoisotopic (exact) mass is 337 g/mol. The Bertz CT molecular complexity index is 892. The summed E-state index contributed by atoms with van der Waals surface area (Å²) in [5.74, 6) is -0.276. The third-order valence-electron chi connectivity index (χ3n) is 4.23. The average molecular weight is 337 g/mol. The number of nitrogens with one attached hydrogen (secondary N) is 1. The first-order chi connectivity index (χ1) is 12.2. The number of hydrogen-bond acceptors (Lipinski definition) is 3. The maximum absolute atomic E-state index is 13.2. The van der Waals surface area contributed by atoms with E-state index in [9.17, 15) is 9.18 Å². The van der Waals surface area contributed by atoms with E-state index < -0.39 is 0 Å². The van der Waals surface area contributed by atoms with Gasteiger partial charge in [0.2, 0.25) is 0 Å². The van der Waals surface area contributed by atoms with Crippen LogP contribution in [0.4, 0.5) is 14.9 Å². The number of carbonyl (C=O) groups is 1. The molecule has 0 unspecified atom stereocenters. The van der Waals surface area contributed by atoms with E-state index in [1.807, 2.05) is 4.68 Å². The molecule has 3 heterocycles. The van der Waals surface area contributed by atoms with E-state index in [0.29, 0.717) is 25.3 Å². The Morgan fingerprint density at radius 3 is 2.72 bits per heavy atom. The highest BCUT2D eigenvalue weighted by molar-refractivity contribution is 5.89. The normalized spacial score (nSPS) is 13.4. The summed E-state index contributed by atoms with van der Waals surface area (Å²) in [7, 11) is 0. The van der Waals surface area contributed by atoms with Crippen LogP contribution in [-0.2, 0) is 13.1 Å². The Morgan fingerprint density at radius 2 is 1.96 bits per heavy atom. The van der Waals surface area contributed by atoms with E-state index in [4.69, 9.17) is 0 Å². The number of pyridine rings is 1. The molecular weight excluding hydrogens is 321 g/mol. The third-order valence-corrected chi connectivity index (χ3v) is 4.23. The molecule has 7 heteroatoms. The van der Waals surface area contributed by atoms with Crippen LogP contribution >= 0.6 is 0 Å². The minimum atomic E-state index is -0.276. The summed E-state index contributed by atoms with van der Waals surface area (Å²) in [4.78, 5) is 18.2. The number of anilines is 1. The Balaban J connectivity index is 1.55. The lowest BCUT2D eigenvalue weighted by atomic mass is 10.1. The van der Waals surface area contributed by atoms with Gasteiger partial charge in [-0.25, -0.2) is 9.18 Å². The predicted molar refractivity (Wildman–Crippen MR) is 91.3 cm³/mol. The number of fused-ring (bicyclic) bond motifs is 1. The molecule has 0 atom stereocenters. The van der Waals surface area contributed by atoms with Crippen LogP contribution in [0.15, 0.2) is 55.0 Å². The molecule has 1 aliphatic rings. The van der Waals surface area contributed by atoms with Gasteiger partial charge in [0.1, 0.15) is 5.82 Å². The van der Waals surface area contributed by atoms with E-state index in [1.165, 1.54) is 12.1 Å². The Labute approximate surface area is 143 Å². The van der Waals surface area contributed by atoms with Crippen molar-refractivity contribution in [1.29, 1.82) is 0 Å². The molecule has 1 aromatic carbocycles. The highest BCUT2D eigenvalue weighted by Gasteiger charge is 2.24. The van der Waals surface area contributed by atoms with Crippen LogP contribution in [0.3, 0.4) is 0 Å². The molecular formula is C18H16FN5O. The van der Waals surface area contributed by atoms with Crippen molar-refractivity contribution < 1.29 is 9.18 Å². The average Bonchev–Trinajstić information content (AvgIpc) is 3.06. The van der Waals surface area contributed by atoms with Crippen molar-refractivity contribution in [2.24, 2.45) is 0 Å². The summed E-state index contributed by atoms with van der Waals surface area (Å²) in [5, 5.41) is 7.23. The molecule has 0 aliphatic carbocycles. The van der Waals surface area contributed by atoms with Crippen LogP contribution in [0.1, 0.15) is 5.69 Å². The van der Waals surface area contributed by atoms with Gasteiger partial charge in [-0.15, -0.1) is 0 Å². The van der Waals surface area contributed by atoms with Gasteiger partial charge in [-0.1, -0.05) is 12.1 Å². The molecule has 25 heavy (non-hydrogen) atoms. The summed E-state index contributed by atoms with van der Waals surface area (Å²) in [6.45, 7) is 1.64. The third kappa shape index (κ3) is 3.08. The number of amides is 2. The number of hydrogen-bond donors (Lipinski definition) is 1. The number of rotatable bonds is 2. The number of nitrogens with zero attached hydrogens (tertiary/aromatic N) is 4. The van der Waals surface area contributed by atoms with E-state index in [-0.39, 0.29) is 11.8 Å². The van der Waals surface area contributed by atoms with E-state index in [2.05, 4.69) is 15.4 Å². The van der Waals surface area contributed by atoms with E-state index in [1.54, 1.807) is 47.8 Å². The minimum absolute atomic E-state index is 0.175. The molecule has 0 spiro atoms. The molecule has 0 saturated heterocycles. The van der Waals surface area contributed by atoms with Crippen molar-refractivity contribution in [1.82, 2.24) is 19.7 Å². The number of halogens is 1. The molecule has 0 bridgehead atoms. The standard InChI is InChI=1S/C18H16FN5O/c19-14-5-3-13(4-6-14)16-11-21-24-9-8-23(12-17(16)24)18(25)22-15-2-1-7-20-10-15/h1-7,10-11H,8-9,12H2,(H,22,25). The highest BCUT2D eigenvalue weighted by atomic mass is 19.1. The van der Waals surface area contributed by atoms with E-state index >= 15 is 0 Å². The van der Waals surface area contributed by atoms with Gasteiger partial charge in [0.25, 0.3) is 0 Å². The summed E-state index contributed by atoms with van der Waals surface area (Å²) < 4.78 is 15.1. The lowest BCUT2D eigenvalue weighted by molar-refractivity contribution is 0.194. The van der Waals surface area contributed by atoms with Gasteiger partial charge in [0.05, 0.1) is 36.9 Å². The zero-order valence-corrected chi connectivity index (χ0v) is 13.4. The Kier molecular flexibility index (Phi) is 3.89. The SMILES string of the molecule is O=C(Nc1cccnc1)N1CCn2ncc(-c3ccc(F)cc3)c2C1. The molecule has 1 aliphatic heterocycles. The van der Waals surface area contributed by atoms with Crippen molar-refractivity contribution in [3.05, 3.63) is 66.5 Å². The largest absolute Gasteiger partial charge is 0.322 e. The maximum atomic E-state index is 13.2. The molecule has 0 saturated carbocycles. The number of aromatic nitrogens is 3. The Hall–Kier alpha value is -3.22. The van der Waals surface area contributed by atoms with Gasteiger partial charge in [0, 0.05) is 18.3 Å². The molecule has 4 rings (SSSR count). The van der Waals surface area contributed by atoms with E-state index in [0.717, 1.165) is 16.8 Å². The van der Waals surface area contributed by atoms with Crippen LogP contribution < -0.4 is 5.32 Å². The van der Waals surface area contributed by atoms with Crippen molar-refractivity contribution in [3.63, 3.8) is 0 Å². The molecule has 1 N–H and O–H groups in total. The molecule has 3 aromatic rings. The second-order valence-electron chi connectivity index (χ2n) is 5.83. The first-order valence-electron chi connectivity index (χ1n) is 7.97. The molecule has 0 radical (unpaired) electrons. The zero-order chi connectivity index (χ0) is 17.2. The number of carbonyl (C=O) groups excluding carboxylic acids is 1. The molecule has 2 aromatic heterocycles. The molecule has 6 nitrogen and oxygen atoms in total. The lowest BCUT2D eigenvalue weighted by Crippen LogP contribution is -2.41. The first-order valence-corrected chi connectivity index (χ1v) is 7.97. The van der Waals surface area contributed by atoms with Crippen LogP contribution in [0.25, 0.3) is 11.1 Å². The summed E-state index contributed by atoms with van der Waals surface area (Å²) in [5.41, 5.74) is 3.40. The maximum Gasteiger partial charge on any atom is 0.322 e. The van der Waals surface area contributed by atoms with Gasteiger partial charge >= 0.3 is 6.03 Å². The summed E-state index contributed by atoms with van der Waals surface area (Å²) >= 11 is 0. The topological polar surface area (TPSA) is 63.1 Å². The second-order valence-corrected chi connectivity index (χ2v) is 5.83. The van der Waals surface area contributed by atoms with Crippen LogP contribution in [-0.4, -0.2) is 32.2 Å². The fourth-order valence-electron chi connectivity index (χ4n) is 2.93. The van der Waals surface area contributed by atoms with Crippen molar-refractivity contribution in [2.45, 2.75) is 13.1 Å². The minimum Gasteiger partial charge on any atom is -0.317 e. The van der Waals surface area contributed by atoms with Gasteiger partial charge in [0.15, 0.2) is 0 Å². The van der Waals surface area contributed by atoms with Gasteiger partial charge < -0.3 is 10.2 Å². The Morgan fingerprint density at radius 1 is 1.12 bits per heavy atom. The fourth-order valence-corrected chi connectivity index (χ4v) is 2.93. The molecule has 0 fully saturated rings. The van der Waals surface area contributed by atoms with Gasteiger partial charge in [-0.05, 0) is 29.8 Å². The number of urea groups is 1. The first kappa shape index (κ1) is 15.3. The number of benzene rings is 1. The summed E-state index contributed by atoms with van der Waals surface area (Å²) in [6, 6.07) is 9.69. The van der Waals surface area contributed by atoms with Gasteiger partial charge in [-0.3, -0.25) is 9.67 Å². The van der Waals surface area contributed by atoms with Crippen molar-refractivity contribution in [2.75, 3.05) is 11.9 Å². The smallest absolute Gasteiger partial charge is 0.317 e. The summed E-state index contributed by atoms with van der Waals surface area (Å²) in [6.07, 6.45) is 5.03. The fraction of sp³-hybridized carbons (Fsp3) is 0.167. The van der Waals surface area contributed by atoms with Crippen LogP contribution in [0.5, 0.6) is 0 Å². The highest BCUT2D eigenvalue weighted by Crippen LogP contribution is 2.27. The van der Waals surface area contributed by atoms with Crippen LogP contribution in [0.2, 0.25) is 0 Å². The van der Waals surface area contributed by atoms with Crippen molar-refractivity contribution >= 4 is 11.7 Å². The van der Waals surface area contributed by atoms with Gasteiger partial charge in [-0.2, -0.15) is 5.10 Å². The molecule has 2 amide bonds. The molecule has 126 valence electrons. The quantitative estimate of drug-likeness (QED) is 0.781. The zero-order valence-electron chi connectivity index (χ0n) is 13.4. The second kappa shape index (κ2) is 6.35.